The summed E-state index contributed by atoms with van der Waals surface area (Å²) in [6.45, 7) is 4.75. The third-order valence-electron chi connectivity index (χ3n) is 17.7. The fourth-order valence-corrected chi connectivity index (χ4v) is 13.7. The van der Waals surface area contributed by atoms with Gasteiger partial charge in [-0.2, -0.15) is 0 Å². The van der Waals surface area contributed by atoms with Crippen LogP contribution in [0.15, 0.2) is 188 Å². The second kappa shape index (κ2) is 22.1. The third-order valence-corrected chi connectivity index (χ3v) is 17.7. The quantitative estimate of drug-likeness (QED) is 0.161. The Morgan fingerprint density at radius 1 is 0.387 bits per heavy atom. The molecule has 2 aliphatic carbocycles. The smallest absolute Gasteiger partial charge is 0.0547 e. The van der Waals surface area contributed by atoms with Crippen molar-refractivity contribution in [3.05, 3.63) is 205 Å². The van der Waals surface area contributed by atoms with Gasteiger partial charge in [0.05, 0.1) is 22.4 Å². The maximum absolute atomic E-state index is 2.56. The van der Waals surface area contributed by atoms with Crippen molar-refractivity contribution in [2.45, 2.75) is 147 Å². The molecule has 1 aromatic heterocycles. The number of hydrogen-bond donors (Lipinski definition) is 0. The number of nitrogens with zero attached hydrogens (tertiary/aromatic N) is 2. The molecule has 0 saturated heterocycles. The minimum atomic E-state index is -0.0870. The van der Waals surface area contributed by atoms with Crippen LogP contribution in [-0.2, 0) is 5.41 Å². The van der Waals surface area contributed by atoms with Crippen LogP contribution in [0.2, 0.25) is 0 Å². The van der Waals surface area contributed by atoms with E-state index in [9.17, 15) is 0 Å². The Labute approximate surface area is 447 Å². The van der Waals surface area contributed by atoms with E-state index in [1.54, 1.807) is 0 Å². The highest BCUT2D eigenvalue weighted by molar-refractivity contribution is 6.20. The van der Waals surface area contributed by atoms with Gasteiger partial charge in [-0.15, -0.1) is 0 Å². The van der Waals surface area contributed by atoms with Gasteiger partial charge in [0.25, 0.3) is 0 Å². The van der Waals surface area contributed by atoms with Crippen LogP contribution in [0.5, 0.6) is 0 Å². The topological polar surface area (TPSA) is 8.17 Å². The van der Waals surface area contributed by atoms with E-state index in [1.807, 2.05) is 0 Å². The molecule has 0 bridgehead atoms. The monoisotopic (exact) mass is 981 g/mol. The van der Waals surface area contributed by atoms with E-state index in [-0.39, 0.29) is 5.41 Å². The lowest BCUT2D eigenvalue weighted by Crippen LogP contribution is -2.15. The first kappa shape index (κ1) is 49.0. The fourth-order valence-electron chi connectivity index (χ4n) is 13.7. The van der Waals surface area contributed by atoms with E-state index in [2.05, 4.69) is 211 Å². The highest BCUT2D eigenvalue weighted by Crippen LogP contribution is 2.53. The number of anilines is 3. The van der Waals surface area contributed by atoms with Crippen molar-refractivity contribution in [1.82, 2.24) is 4.57 Å². The van der Waals surface area contributed by atoms with Crippen LogP contribution in [0.1, 0.15) is 158 Å². The van der Waals surface area contributed by atoms with Crippen LogP contribution in [-0.4, -0.2) is 4.57 Å². The Kier molecular flexibility index (Phi) is 14.5. The Bertz CT molecular complexity index is 3560. The molecule has 378 valence electrons. The molecule has 75 heavy (non-hydrogen) atoms. The first-order valence-electron chi connectivity index (χ1n) is 29.2. The number of para-hydroxylation sites is 1. The van der Waals surface area contributed by atoms with Gasteiger partial charge in [0.1, 0.15) is 0 Å². The molecule has 2 aliphatic rings. The molecule has 0 spiro atoms. The Morgan fingerprint density at radius 2 is 0.907 bits per heavy atom. The summed E-state index contributed by atoms with van der Waals surface area (Å²) in [4.78, 5) is 2.56. The van der Waals surface area contributed by atoms with E-state index in [0.29, 0.717) is 5.92 Å². The van der Waals surface area contributed by atoms with Gasteiger partial charge in [-0.1, -0.05) is 263 Å². The van der Waals surface area contributed by atoms with Crippen LogP contribution in [0.4, 0.5) is 17.1 Å². The zero-order valence-corrected chi connectivity index (χ0v) is 44.8. The molecule has 0 aliphatic heterocycles. The summed E-state index contributed by atoms with van der Waals surface area (Å²) in [7, 11) is 0. The minimum absolute atomic E-state index is 0.0870. The molecule has 2 nitrogen and oxygen atoms in total. The Hall–Kier alpha value is -6.90. The molecule has 0 unspecified atom stereocenters. The minimum Gasteiger partial charge on any atom is -0.309 e. The summed E-state index contributed by atoms with van der Waals surface area (Å²) < 4.78 is 2.54. The molecule has 0 amide bonds. The average Bonchev–Trinajstić information content (AvgIpc) is 3.99. The van der Waals surface area contributed by atoms with E-state index >= 15 is 0 Å². The van der Waals surface area contributed by atoms with Gasteiger partial charge in [-0.25, -0.2) is 0 Å². The molecule has 1 fully saturated rings. The molecule has 0 radical (unpaired) electrons. The maximum atomic E-state index is 2.56. The van der Waals surface area contributed by atoms with E-state index < -0.39 is 0 Å². The fraction of sp³-hybridized carbons (Fsp3) is 0.315. The standard InChI is InChI=1S/C73H76N2/c1-73(2)65-40-26-24-37-61(65)64-52-58(49-50-66(64)73)75(67-42-28-34-55-32-20-22-35-59(55)67)70-51-46-56-33-21-23-36-60(56)71(70)63-39-29-43-69-72(63)62-38-25-27-41-68(62)74(69)57-47-44-54(45-48-57)53-30-18-16-14-12-10-8-6-4-3-5-7-9-11-13-15-17-19-31-53/h20-29,32-53H,3-19,30-31H2,1-2H3. The molecular formula is C73H76N2. The molecule has 10 aromatic rings. The number of benzene rings is 9. The zero-order valence-electron chi connectivity index (χ0n) is 44.8. The van der Waals surface area contributed by atoms with Gasteiger partial charge >= 0.3 is 0 Å². The van der Waals surface area contributed by atoms with Crippen molar-refractivity contribution >= 4 is 60.4 Å². The number of aromatic nitrogens is 1. The van der Waals surface area contributed by atoms with Crippen LogP contribution >= 0.6 is 0 Å². The van der Waals surface area contributed by atoms with Gasteiger partial charge in [0.15, 0.2) is 0 Å². The van der Waals surface area contributed by atoms with Crippen LogP contribution < -0.4 is 4.90 Å². The number of fused-ring (bicyclic) bond motifs is 8. The van der Waals surface area contributed by atoms with E-state index in [1.165, 1.54) is 216 Å². The van der Waals surface area contributed by atoms with E-state index in [0.717, 1.165) is 11.4 Å². The summed E-state index contributed by atoms with van der Waals surface area (Å²) in [5.41, 5.74) is 16.5. The summed E-state index contributed by atoms with van der Waals surface area (Å²) >= 11 is 0. The van der Waals surface area contributed by atoms with Crippen molar-refractivity contribution < 1.29 is 0 Å². The van der Waals surface area contributed by atoms with E-state index in [4.69, 9.17) is 0 Å². The highest BCUT2D eigenvalue weighted by Gasteiger charge is 2.36. The van der Waals surface area contributed by atoms with Gasteiger partial charge in [0.2, 0.25) is 0 Å². The van der Waals surface area contributed by atoms with Crippen molar-refractivity contribution in [3.8, 4) is 27.9 Å². The van der Waals surface area contributed by atoms with Crippen molar-refractivity contribution in [1.29, 1.82) is 0 Å². The lowest BCUT2D eigenvalue weighted by molar-refractivity contribution is 0.475. The number of rotatable bonds is 6. The maximum Gasteiger partial charge on any atom is 0.0547 e. The molecule has 1 saturated carbocycles. The first-order valence-corrected chi connectivity index (χ1v) is 29.2. The number of hydrogen-bond acceptors (Lipinski definition) is 1. The molecule has 12 rings (SSSR count). The second-order valence-corrected chi connectivity index (χ2v) is 22.8. The summed E-state index contributed by atoms with van der Waals surface area (Å²) in [5.74, 6) is 0.621. The third kappa shape index (κ3) is 9.71. The average molecular weight is 981 g/mol. The SMILES string of the molecule is CC1(C)c2ccccc2-c2cc(N(c3ccc4ccccc4c3-c3cccc4c3c3ccccc3n4-c3ccc(C4CCCCCCCCCCCCCCCCCCC4)cc3)c3cccc4ccccc34)ccc21. The molecule has 9 aromatic carbocycles. The predicted molar refractivity (Wildman–Crippen MR) is 324 cm³/mol. The molecule has 0 atom stereocenters. The molecule has 0 N–H and O–H groups in total. The summed E-state index contributed by atoms with van der Waals surface area (Å²) in [5, 5.41) is 7.48. The molecule has 2 heteroatoms. The van der Waals surface area contributed by atoms with Gasteiger partial charge in [-0.05, 0) is 117 Å². The van der Waals surface area contributed by atoms with Gasteiger partial charge in [-0.3, -0.25) is 0 Å². The second-order valence-electron chi connectivity index (χ2n) is 22.8. The first-order chi connectivity index (χ1) is 37.0. The normalized spacial score (nSPS) is 16.5. The predicted octanol–water partition coefficient (Wildman–Crippen LogP) is 22.0. The highest BCUT2D eigenvalue weighted by atomic mass is 15.1. The molecule has 1 heterocycles. The van der Waals surface area contributed by atoms with Crippen LogP contribution in [0.3, 0.4) is 0 Å². The Balaban J connectivity index is 0.966. The Morgan fingerprint density at radius 3 is 1.60 bits per heavy atom. The largest absolute Gasteiger partial charge is 0.309 e. The lowest BCUT2D eigenvalue weighted by atomic mass is 9.82. The van der Waals surface area contributed by atoms with Crippen molar-refractivity contribution in [3.63, 3.8) is 0 Å². The molecular weight excluding hydrogens is 905 g/mol. The van der Waals surface area contributed by atoms with Crippen molar-refractivity contribution in [2.24, 2.45) is 0 Å². The summed E-state index contributed by atoms with van der Waals surface area (Å²) in [6.07, 6.45) is 26.6. The zero-order chi connectivity index (χ0) is 50.6. The van der Waals surface area contributed by atoms with Gasteiger partial charge < -0.3 is 9.47 Å². The van der Waals surface area contributed by atoms with Crippen molar-refractivity contribution in [2.75, 3.05) is 4.90 Å². The van der Waals surface area contributed by atoms with Crippen LogP contribution in [0.25, 0.3) is 71.3 Å². The summed E-state index contributed by atoms with van der Waals surface area (Å²) in [6, 6.07) is 71.7. The van der Waals surface area contributed by atoms with Gasteiger partial charge in [0, 0.05) is 38.5 Å². The lowest BCUT2D eigenvalue weighted by Gasteiger charge is -2.31. The van der Waals surface area contributed by atoms with Crippen LogP contribution in [0, 0.1) is 0 Å².